The summed E-state index contributed by atoms with van der Waals surface area (Å²) < 4.78 is 5.94. The number of ether oxygens (including phenoxy) is 1. The molecule has 1 aromatic carbocycles. The first-order chi connectivity index (χ1) is 9.67. The van der Waals surface area contributed by atoms with Gasteiger partial charge in [0.15, 0.2) is 0 Å². The number of nitrogens with zero attached hydrogens (tertiary/aromatic N) is 1. The Kier molecular flexibility index (Phi) is 6.02. The van der Waals surface area contributed by atoms with Crippen LogP contribution in [0.1, 0.15) is 37.8 Å². The van der Waals surface area contributed by atoms with E-state index in [0.717, 1.165) is 50.6 Å². The molecule has 1 unspecified atom stereocenters. The van der Waals surface area contributed by atoms with Crippen molar-refractivity contribution in [2.24, 2.45) is 5.92 Å². The average Bonchev–Trinajstić information content (AvgIpc) is 2.87. The molecule has 0 spiro atoms. The van der Waals surface area contributed by atoms with Gasteiger partial charge in [-0.25, -0.2) is 0 Å². The van der Waals surface area contributed by atoms with Crippen LogP contribution in [0.25, 0.3) is 0 Å². The van der Waals surface area contributed by atoms with Crippen LogP contribution in [-0.4, -0.2) is 35.8 Å². The molecule has 1 aliphatic heterocycles. The molecular formula is C17H27NO2. The van der Waals surface area contributed by atoms with Crippen LogP contribution < -0.4 is 0 Å². The zero-order chi connectivity index (χ0) is 14.4. The van der Waals surface area contributed by atoms with Gasteiger partial charge >= 0.3 is 0 Å². The van der Waals surface area contributed by atoms with E-state index in [1.807, 2.05) is 12.1 Å². The average molecular weight is 277 g/mol. The Morgan fingerprint density at radius 3 is 2.60 bits per heavy atom. The Morgan fingerprint density at radius 2 is 1.95 bits per heavy atom. The molecule has 3 nitrogen and oxygen atoms in total. The second-order valence-electron chi connectivity index (χ2n) is 6.17. The first kappa shape index (κ1) is 15.5. The lowest BCUT2D eigenvalue weighted by atomic mass is 10.1. The summed E-state index contributed by atoms with van der Waals surface area (Å²) >= 11 is 0. The van der Waals surface area contributed by atoms with E-state index < -0.39 is 0 Å². The Labute approximate surface area is 122 Å². The molecule has 1 atom stereocenters. The molecule has 0 aliphatic carbocycles. The van der Waals surface area contributed by atoms with Crippen molar-refractivity contribution in [3.8, 4) is 0 Å². The predicted molar refractivity (Wildman–Crippen MR) is 81.5 cm³/mol. The molecule has 0 aromatic heterocycles. The highest BCUT2D eigenvalue weighted by Crippen LogP contribution is 2.17. The van der Waals surface area contributed by atoms with Gasteiger partial charge in [-0.2, -0.15) is 0 Å². The van der Waals surface area contributed by atoms with Gasteiger partial charge in [-0.15, -0.1) is 0 Å². The third-order valence-corrected chi connectivity index (χ3v) is 3.89. The van der Waals surface area contributed by atoms with Crippen molar-refractivity contribution in [2.45, 2.75) is 45.9 Å². The summed E-state index contributed by atoms with van der Waals surface area (Å²) in [6, 6.07) is 8.22. The van der Waals surface area contributed by atoms with Crippen molar-refractivity contribution in [1.82, 2.24) is 4.90 Å². The minimum Gasteiger partial charge on any atom is -0.392 e. The Balaban J connectivity index is 1.72. The van der Waals surface area contributed by atoms with E-state index in [1.165, 1.54) is 5.56 Å². The third kappa shape index (κ3) is 4.89. The maximum absolute atomic E-state index is 9.04. The summed E-state index contributed by atoms with van der Waals surface area (Å²) in [6.07, 6.45) is 2.71. The molecule has 0 radical (unpaired) electrons. The molecule has 1 saturated heterocycles. The van der Waals surface area contributed by atoms with Gasteiger partial charge in [0.2, 0.25) is 0 Å². The molecule has 0 bridgehead atoms. The van der Waals surface area contributed by atoms with Gasteiger partial charge in [0.25, 0.3) is 0 Å². The number of aliphatic hydroxyl groups is 1. The number of benzene rings is 1. The van der Waals surface area contributed by atoms with Crippen molar-refractivity contribution in [3.05, 3.63) is 35.4 Å². The summed E-state index contributed by atoms with van der Waals surface area (Å²) in [5, 5.41) is 9.04. The van der Waals surface area contributed by atoms with Crippen LogP contribution in [0.3, 0.4) is 0 Å². The smallest absolute Gasteiger partial charge is 0.0714 e. The van der Waals surface area contributed by atoms with Crippen LogP contribution in [-0.2, 0) is 17.9 Å². The van der Waals surface area contributed by atoms with Gasteiger partial charge in [0.05, 0.1) is 12.7 Å². The lowest BCUT2D eigenvalue weighted by molar-refractivity contribution is 0.0518. The van der Waals surface area contributed by atoms with E-state index in [9.17, 15) is 0 Å². The molecule has 0 saturated carbocycles. The summed E-state index contributed by atoms with van der Waals surface area (Å²) in [6.45, 7) is 8.63. The molecule has 3 heteroatoms. The minimum absolute atomic E-state index is 0.121. The van der Waals surface area contributed by atoms with Crippen molar-refractivity contribution < 1.29 is 9.84 Å². The second kappa shape index (κ2) is 7.77. The second-order valence-corrected chi connectivity index (χ2v) is 6.17. The predicted octanol–water partition coefficient (Wildman–Crippen LogP) is 2.82. The molecule has 2 rings (SSSR count). The van der Waals surface area contributed by atoms with E-state index >= 15 is 0 Å². The van der Waals surface area contributed by atoms with Crippen molar-refractivity contribution in [1.29, 1.82) is 0 Å². The van der Waals surface area contributed by atoms with Gasteiger partial charge < -0.3 is 9.84 Å². The maximum Gasteiger partial charge on any atom is 0.0714 e. The summed E-state index contributed by atoms with van der Waals surface area (Å²) in [7, 11) is 0. The highest BCUT2D eigenvalue weighted by molar-refractivity contribution is 5.22. The molecular weight excluding hydrogens is 250 g/mol. The SMILES string of the molecule is CC(C)CCOC1CCN(Cc2ccc(CO)cc2)C1. The van der Waals surface area contributed by atoms with Crippen LogP contribution in [0.4, 0.5) is 0 Å². The standard InChI is InChI=1S/C17H27NO2/c1-14(2)8-10-20-17-7-9-18(12-17)11-15-3-5-16(13-19)6-4-15/h3-6,14,17,19H,7-13H2,1-2H3. The van der Waals surface area contributed by atoms with E-state index in [4.69, 9.17) is 9.84 Å². The van der Waals surface area contributed by atoms with Gasteiger partial charge in [0.1, 0.15) is 0 Å². The first-order valence-corrected chi connectivity index (χ1v) is 7.70. The molecule has 112 valence electrons. The molecule has 1 heterocycles. The number of hydrogen-bond acceptors (Lipinski definition) is 3. The van der Waals surface area contributed by atoms with Crippen LogP contribution in [0.15, 0.2) is 24.3 Å². The molecule has 1 aromatic rings. The fourth-order valence-electron chi connectivity index (χ4n) is 2.56. The zero-order valence-electron chi connectivity index (χ0n) is 12.7. The van der Waals surface area contributed by atoms with E-state index in [2.05, 4.69) is 30.9 Å². The molecule has 1 N–H and O–H groups in total. The first-order valence-electron chi connectivity index (χ1n) is 7.70. The lowest BCUT2D eigenvalue weighted by Crippen LogP contribution is -2.23. The Bertz CT molecular complexity index is 388. The van der Waals surface area contributed by atoms with Crippen LogP contribution in [0, 0.1) is 5.92 Å². The number of aliphatic hydroxyl groups excluding tert-OH is 1. The lowest BCUT2D eigenvalue weighted by Gasteiger charge is -2.17. The van der Waals surface area contributed by atoms with E-state index in [0.29, 0.717) is 6.10 Å². The van der Waals surface area contributed by atoms with Crippen molar-refractivity contribution in [3.63, 3.8) is 0 Å². The molecule has 20 heavy (non-hydrogen) atoms. The van der Waals surface area contributed by atoms with E-state index in [1.54, 1.807) is 0 Å². The summed E-state index contributed by atoms with van der Waals surface area (Å²) in [5.74, 6) is 0.720. The van der Waals surface area contributed by atoms with Crippen molar-refractivity contribution in [2.75, 3.05) is 19.7 Å². The van der Waals surface area contributed by atoms with Crippen molar-refractivity contribution >= 4 is 0 Å². The highest BCUT2D eigenvalue weighted by atomic mass is 16.5. The highest BCUT2D eigenvalue weighted by Gasteiger charge is 2.22. The number of hydrogen-bond donors (Lipinski definition) is 1. The fourth-order valence-corrected chi connectivity index (χ4v) is 2.56. The fraction of sp³-hybridized carbons (Fsp3) is 0.647. The monoisotopic (exact) mass is 277 g/mol. The Morgan fingerprint density at radius 1 is 1.25 bits per heavy atom. The molecule has 1 fully saturated rings. The Hall–Kier alpha value is -0.900. The van der Waals surface area contributed by atoms with Crippen LogP contribution in [0.5, 0.6) is 0 Å². The molecule has 0 amide bonds. The summed E-state index contributed by atoms with van der Waals surface area (Å²) in [5.41, 5.74) is 2.29. The van der Waals surface area contributed by atoms with Gasteiger partial charge in [-0.3, -0.25) is 4.90 Å². The maximum atomic E-state index is 9.04. The zero-order valence-corrected chi connectivity index (χ0v) is 12.7. The van der Waals surface area contributed by atoms with Crippen LogP contribution >= 0.6 is 0 Å². The van der Waals surface area contributed by atoms with Gasteiger partial charge in [0, 0.05) is 26.2 Å². The number of likely N-dealkylation sites (tertiary alicyclic amines) is 1. The van der Waals surface area contributed by atoms with Gasteiger partial charge in [-0.1, -0.05) is 38.1 Å². The minimum atomic E-state index is 0.121. The van der Waals surface area contributed by atoms with E-state index in [-0.39, 0.29) is 6.61 Å². The third-order valence-electron chi connectivity index (χ3n) is 3.89. The number of rotatable bonds is 7. The quantitative estimate of drug-likeness (QED) is 0.832. The normalized spacial score (nSPS) is 19.9. The van der Waals surface area contributed by atoms with Gasteiger partial charge in [-0.05, 0) is 29.9 Å². The largest absolute Gasteiger partial charge is 0.392 e. The molecule has 1 aliphatic rings. The van der Waals surface area contributed by atoms with Crippen LogP contribution in [0.2, 0.25) is 0 Å². The summed E-state index contributed by atoms with van der Waals surface area (Å²) in [4.78, 5) is 2.45. The topological polar surface area (TPSA) is 32.7 Å².